The Morgan fingerprint density at radius 3 is 2.37 bits per heavy atom. The molecule has 1 rings (SSSR count). The van der Waals surface area contributed by atoms with E-state index in [-0.39, 0.29) is 11.8 Å². The van der Waals surface area contributed by atoms with Gasteiger partial charge in [-0.15, -0.1) is 0 Å². The van der Waals surface area contributed by atoms with Crippen LogP contribution in [0.1, 0.15) is 64.5 Å². The van der Waals surface area contributed by atoms with Crippen LogP contribution in [0.3, 0.4) is 0 Å². The minimum Gasteiger partial charge on any atom is -0.291 e. The molecular formula is C15H27N3O. The fourth-order valence-electron chi connectivity index (χ4n) is 2.63. The van der Waals surface area contributed by atoms with Crippen molar-refractivity contribution in [2.24, 2.45) is 0 Å². The van der Waals surface area contributed by atoms with E-state index in [1.807, 2.05) is 31.5 Å². The molecule has 4 heteroatoms. The summed E-state index contributed by atoms with van der Waals surface area (Å²) in [6, 6.07) is 2.03. The van der Waals surface area contributed by atoms with Gasteiger partial charge in [0.2, 0.25) is 5.78 Å². The largest absolute Gasteiger partial charge is 0.291 e. The molecule has 4 nitrogen and oxygen atoms in total. The van der Waals surface area contributed by atoms with E-state index in [0.29, 0.717) is 5.69 Å². The summed E-state index contributed by atoms with van der Waals surface area (Å²) in [6.45, 7) is 14.2. The molecular weight excluding hydrogens is 238 g/mol. The Labute approximate surface area is 116 Å². The molecule has 1 unspecified atom stereocenters. The van der Waals surface area contributed by atoms with Crippen LogP contribution in [0.4, 0.5) is 0 Å². The lowest BCUT2D eigenvalue weighted by Crippen LogP contribution is -2.52. The van der Waals surface area contributed by atoms with Gasteiger partial charge in [0, 0.05) is 12.2 Å². The highest BCUT2D eigenvalue weighted by atomic mass is 16.1. The van der Waals surface area contributed by atoms with Crippen LogP contribution >= 0.6 is 0 Å². The van der Waals surface area contributed by atoms with Crippen LogP contribution in [0, 0.1) is 0 Å². The maximum absolute atomic E-state index is 12.9. The van der Waals surface area contributed by atoms with Gasteiger partial charge in [0.25, 0.3) is 0 Å². The average molecular weight is 265 g/mol. The second-order valence-corrected chi connectivity index (χ2v) is 5.38. The van der Waals surface area contributed by atoms with E-state index >= 15 is 0 Å². The van der Waals surface area contributed by atoms with Crippen molar-refractivity contribution in [3.05, 3.63) is 18.0 Å². The maximum Gasteiger partial charge on any atom is 0.200 e. The van der Waals surface area contributed by atoms with E-state index in [1.54, 1.807) is 6.20 Å². The van der Waals surface area contributed by atoms with Crippen molar-refractivity contribution in [2.75, 3.05) is 13.1 Å². The first-order valence-electron chi connectivity index (χ1n) is 7.25. The zero-order chi connectivity index (χ0) is 14.6. The van der Waals surface area contributed by atoms with E-state index < -0.39 is 5.54 Å². The standard InChI is InChI=1S/C15H27N3O/c1-7-15(6,17(8-2)9-3)14(19)13-10-11-16-18(13)12(4)5/h10-12H,7-9H2,1-6H3. The van der Waals surface area contributed by atoms with Crippen LogP contribution < -0.4 is 0 Å². The van der Waals surface area contributed by atoms with Crippen LogP contribution in [-0.2, 0) is 0 Å². The summed E-state index contributed by atoms with van der Waals surface area (Å²) in [6.07, 6.45) is 2.52. The minimum atomic E-state index is -0.448. The Hall–Kier alpha value is -1.16. The van der Waals surface area contributed by atoms with Gasteiger partial charge < -0.3 is 0 Å². The first-order chi connectivity index (χ1) is 8.92. The van der Waals surface area contributed by atoms with Gasteiger partial charge in [-0.2, -0.15) is 5.10 Å². The van der Waals surface area contributed by atoms with Crippen LogP contribution in [0.25, 0.3) is 0 Å². The first kappa shape index (κ1) is 15.9. The van der Waals surface area contributed by atoms with Crippen molar-refractivity contribution >= 4 is 5.78 Å². The van der Waals surface area contributed by atoms with E-state index in [9.17, 15) is 4.79 Å². The summed E-state index contributed by atoms with van der Waals surface area (Å²) in [5.41, 5.74) is 0.266. The fraction of sp³-hybridized carbons (Fsp3) is 0.733. The Morgan fingerprint density at radius 1 is 1.37 bits per heavy atom. The summed E-state index contributed by atoms with van der Waals surface area (Å²) >= 11 is 0. The number of ketones is 1. The molecule has 1 aromatic rings. The predicted octanol–water partition coefficient (Wildman–Crippen LogP) is 3.16. The average Bonchev–Trinajstić information content (AvgIpc) is 2.88. The highest BCUT2D eigenvalue weighted by Gasteiger charge is 2.38. The van der Waals surface area contributed by atoms with Crippen LogP contribution in [0.2, 0.25) is 0 Å². The predicted molar refractivity (Wildman–Crippen MR) is 78.6 cm³/mol. The topological polar surface area (TPSA) is 38.1 Å². The molecule has 108 valence electrons. The maximum atomic E-state index is 12.9. The molecule has 0 aromatic carbocycles. The fourth-order valence-corrected chi connectivity index (χ4v) is 2.63. The van der Waals surface area contributed by atoms with Gasteiger partial charge in [0.05, 0.1) is 5.54 Å². The molecule has 0 aliphatic rings. The Kier molecular flexibility index (Phi) is 5.29. The highest BCUT2D eigenvalue weighted by Crippen LogP contribution is 2.25. The zero-order valence-electron chi connectivity index (χ0n) is 13.1. The molecule has 0 bridgehead atoms. The zero-order valence-corrected chi connectivity index (χ0v) is 13.1. The van der Waals surface area contributed by atoms with Crippen molar-refractivity contribution in [1.82, 2.24) is 14.7 Å². The Bertz CT molecular complexity index is 421. The molecule has 0 N–H and O–H groups in total. The number of carbonyl (C=O) groups excluding carboxylic acids is 1. The van der Waals surface area contributed by atoms with E-state index in [4.69, 9.17) is 0 Å². The lowest BCUT2D eigenvalue weighted by atomic mass is 9.88. The third-order valence-electron chi connectivity index (χ3n) is 4.03. The minimum absolute atomic E-state index is 0.171. The van der Waals surface area contributed by atoms with Gasteiger partial charge in [-0.25, -0.2) is 0 Å². The van der Waals surface area contributed by atoms with Gasteiger partial charge in [-0.1, -0.05) is 20.8 Å². The van der Waals surface area contributed by atoms with Crippen molar-refractivity contribution in [1.29, 1.82) is 0 Å². The molecule has 19 heavy (non-hydrogen) atoms. The molecule has 1 atom stereocenters. The van der Waals surface area contributed by atoms with Crippen molar-refractivity contribution < 1.29 is 4.79 Å². The van der Waals surface area contributed by atoms with Crippen molar-refractivity contribution in [2.45, 2.75) is 59.5 Å². The number of nitrogens with zero attached hydrogens (tertiary/aromatic N) is 3. The van der Waals surface area contributed by atoms with Gasteiger partial charge in [0.15, 0.2) is 0 Å². The molecule has 0 saturated heterocycles. The number of aromatic nitrogens is 2. The third kappa shape index (κ3) is 2.89. The van der Waals surface area contributed by atoms with E-state index in [1.165, 1.54) is 0 Å². The summed E-state index contributed by atoms with van der Waals surface area (Å²) < 4.78 is 1.82. The smallest absolute Gasteiger partial charge is 0.200 e. The van der Waals surface area contributed by atoms with Crippen LogP contribution in [0.5, 0.6) is 0 Å². The van der Waals surface area contributed by atoms with Crippen molar-refractivity contribution in [3.63, 3.8) is 0 Å². The molecule has 1 heterocycles. The summed E-state index contributed by atoms with van der Waals surface area (Å²) in [5, 5.41) is 4.27. The number of hydrogen-bond donors (Lipinski definition) is 0. The normalized spacial score (nSPS) is 14.9. The number of carbonyl (C=O) groups is 1. The molecule has 0 radical (unpaired) electrons. The number of likely N-dealkylation sites (N-methyl/N-ethyl adjacent to an activating group) is 1. The summed E-state index contributed by atoms with van der Waals surface area (Å²) in [7, 11) is 0. The van der Waals surface area contributed by atoms with E-state index in [2.05, 4.69) is 30.8 Å². The molecule has 0 aliphatic carbocycles. The molecule has 0 aliphatic heterocycles. The molecule has 0 fully saturated rings. The third-order valence-corrected chi connectivity index (χ3v) is 4.03. The Morgan fingerprint density at radius 2 is 1.95 bits per heavy atom. The summed E-state index contributed by atoms with van der Waals surface area (Å²) in [4.78, 5) is 15.2. The van der Waals surface area contributed by atoms with Gasteiger partial charge in [0.1, 0.15) is 5.69 Å². The molecule has 0 saturated carbocycles. The van der Waals surface area contributed by atoms with Gasteiger partial charge in [-0.3, -0.25) is 14.4 Å². The monoisotopic (exact) mass is 265 g/mol. The lowest BCUT2D eigenvalue weighted by Gasteiger charge is -2.38. The van der Waals surface area contributed by atoms with Crippen molar-refractivity contribution in [3.8, 4) is 0 Å². The molecule has 1 aromatic heterocycles. The second kappa shape index (κ2) is 6.33. The Balaban J connectivity index is 3.18. The molecule has 0 spiro atoms. The highest BCUT2D eigenvalue weighted by molar-refractivity contribution is 6.01. The SMILES string of the molecule is CCN(CC)C(C)(CC)C(=O)c1ccnn1C(C)C. The quantitative estimate of drug-likeness (QED) is 0.711. The van der Waals surface area contributed by atoms with Gasteiger partial charge in [-0.05, 0) is 46.3 Å². The first-order valence-corrected chi connectivity index (χ1v) is 7.25. The molecule has 0 amide bonds. The number of Topliss-reactive ketones (excluding diaryl/α,β-unsaturated/α-hetero) is 1. The lowest BCUT2D eigenvalue weighted by molar-refractivity contribution is 0.0594. The second-order valence-electron chi connectivity index (χ2n) is 5.38. The number of hydrogen-bond acceptors (Lipinski definition) is 3. The van der Waals surface area contributed by atoms with Crippen LogP contribution in [-0.4, -0.2) is 39.1 Å². The van der Waals surface area contributed by atoms with Crippen LogP contribution in [0.15, 0.2) is 12.3 Å². The number of rotatable bonds is 7. The van der Waals surface area contributed by atoms with Gasteiger partial charge >= 0.3 is 0 Å². The van der Waals surface area contributed by atoms with E-state index in [0.717, 1.165) is 19.5 Å². The summed E-state index contributed by atoms with van der Waals surface area (Å²) in [5.74, 6) is 0.171.